The van der Waals surface area contributed by atoms with Gasteiger partial charge in [0, 0.05) is 24.6 Å². The molecule has 3 aromatic rings. The molecule has 5 rings (SSSR count). The Morgan fingerprint density at radius 2 is 1.87 bits per heavy atom. The molecule has 0 bridgehead atoms. The van der Waals surface area contributed by atoms with Crippen molar-refractivity contribution in [2.75, 3.05) is 12.0 Å². The van der Waals surface area contributed by atoms with Crippen LogP contribution in [0.4, 0.5) is 5.69 Å². The number of benzene rings is 1. The van der Waals surface area contributed by atoms with Crippen LogP contribution in [0.15, 0.2) is 67.1 Å². The fourth-order valence-corrected chi connectivity index (χ4v) is 5.16. The van der Waals surface area contributed by atoms with Crippen LogP contribution in [0.5, 0.6) is 5.75 Å². The van der Waals surface area contributed by atoms with Crippen LogP contribution in [-0.2, 0) is 0 Å². The van der Waals surface area contributed by atoms with Gasteiger partial charge in [-0.15, -0.1) is 0 Å². The second-order valence-electron chi connectivity index (χ2n) is 8.00. The summed E-state index contributed by atoms with van der Waals surface area (Å²) in [6.07, 6.45) is 11.5. The van der Waals surface area contributed by atoms with Gasteiger partial charge >= 0.3 is 0 Å². The summed E-state index contributed by atoms with van der Waals surface area (Å²) in [4.78, 5) is 6.82. The molecule has 1 aromatic carbocycles. The first kappa shape index (κ1) is 19.1. The smallest absolute Gasteiger partial charge is 0.174 e. The van der Waals surface area contributed by atoms with Gasteiger partial charge in [0.15, 0.2) is 5.11 Å². The van der Waals surface area contributed by atoms with Gasteiger partial charge in [-0.25, -0.2) is 0 Å². The number of anilines is 1. The molecule has 0 unspecified atom stereocenters. The van der Waals surface area contributed by atoms with Gasteiger partial charge in [-0.1, -0.05) is 31.0 Å². The Balaban J connectivity index is 1.59. The molecule has 1 saturated carbocycles. The average molecular weight is 419 g/mol. The van der Waals surface area contributed by atoms with Crippen molar-refractivity contribution in [3.05, 3.63) is 78.4 Å². The summed E-state index contributed by atoms with van der Waals surface area (Å²) in [6.45, 7) is 0. The molecule has 3 heterocycles. The SMILES string of the molecule is COc1ccccc1N1C(=S)N[C@H](c2ccccn2)[C@@H]1c1ccn(C2CCCC2)c1. The minimum Gasteiger partial charge on any atom is -0.495 e. The van der Waals surface area contributed by atoms with Crippen molar-refractivity contribution in [2.24, 2.45) is 0 Å². The Morgan fingerprint density at radius 1 is 1.07 bits per heavy atom. The van der Waals surface area contributed by atoms with E-state index >= 15 is 0 Å². The van der Waals surface area contributed by atoms with E-state index in [-0.39, 0.29) is 12.1 Å². The van der Waals surface area contributed by atoms with E-state index in [1.165, 1.54) is 31.2 Å². The van der Waals surface area contributed by atoms with Gasteiger partial charge in [-0.05, 0) is 61.0 Å². The molecule has 2 aromatic heterocycles. The molecule has 1 N–H and O–H groups in total. The number of nitrogens with one attached hydrogen (secondary N) is 1. The Morgan fingerprint density at radius 3 is 2.63 bits per heavy atom. The highest BCUT2D eigenvalue weighted by molar-refractivity contribution is 7.80. The number of thiocarbonyl (C=S) groups is 1. The molecule has 30 heavy (non-hydrogen) atoms. The van der Waals surface area contributed by atoms with Crippen LogP contribution in [0, 0.1) is 0 Å². The molecular weight excluding hydrogens is 392 g/mol. The van der Waals surface area contributed by atoms with Crippen LogP contribution in [0.1, 0.15) is 55.1 Å². The lowest BCUT2D eigenvalue weighted by molar-refractivity contribution is 0.414. The number of hydrogen-bond donors (Lipinski definition) is 1. The molecular formula is C24H26N4OS. The zero-order chi connectivity index (χ0) is 20.5. The highest BCUT2D eigenvalue weighted by atomic mass is 32.1. The molecule has 5 nitrogen and oxygen atoms in total. The number of nitrogens with zero attached hydrogens (tertiary/aromatic N) is 3. The van der Waals surface area contributed by atoms with Crippen molar-refractivity contribution in [3.63, 3.8) is 0 Å². The zero-order valence-electron chi connectivity index (χ0n) is 17.1. The monoisotopic (exact) mass is 418 g/mol. The molecule has 6 heteroatoms. The molecule has 2 aliphatic rings. The minimum absolute atomic E-state index is 0.00801. The van der Waals surface area contributed by atoms with Gasteiger partial charge in [0.2, 0.25) is 0 Å². The molecule has 1 aliphatic heterocycles. The first-order valence-electron chi connectivity index (χ1n) is 10.6. The minimum atomic E-state index is -0.0389. The second kappa shape index (κ2) is 8.11. The van der Waals surface area contributed by atoms with E-state index < -0.39 is 0 Å². The number of ether oxygens (including phenoxy) is 1. The van der Waals surface area contributed by atoms with Crippen molar-refractivity contribution < 1.29 is 4.74 Å². The number of aromatic nitrogens is 2. The molecule has 0 spiro atoms. The van der Waals surface area contributed by atoms with Gasteiger partial charge in [0.25, 0.3) is 0 Å². The van der Waals surface area contributed by atoms with Gasteiger partial charge in [-0.3, -0.25) is 4.98 Å². The molecule has 1 aliphatic carbocycles. The van der Waals surface area contributed by atoms with Gasteiger partial charge < -0.3 is 19.5 Å². The molecule has 2 atom stereocenters. The van der Waals surface area contributed by atoms with Crippen molar-refractivity contribution in [1.82, 2.24) is 14.9 Å². The van der Waals surface area contributed by atoms with Gasteiger partial charge in [0.1, 0.15) is 5.75 Å². The Hall–Kier alpha value is -2.86. The van der Waals surface area contributed by atoms with Crippen LogP contribution < -0.4 is 15.0 Å². The molecule has 0 amide bonds. The van der Waals surface area contributed by atoms with Gasteiger partial charge in [0.05, 0.1) is 30.6 Å². The Bertz CT molecular complexity index is 1030. The maximum atomic E-state index is 5.82. The molecule has 0 radical (unpaired) electrons. The summed E-state index contributed by atoms with van der Waals surface area (Å²) < 4.78 is 8.06. The van der Waals surface area contributed by atoms with E-state index in [9.17, 15) is 0 Å². The molecule has 2 fully saturated rings. The summed E-state index contributed by atoms with van der Waals surface area (Å²) in [5, 5.41) is 4.22. The fraction of sp³-hybridized carbons (Fsp3) is 0.333. The fourth-order valence-electron chi connectivity index (χ4n) is 4.82. The predicted molar refractivity (Wildman–Crippen MR) is 123 cm³/mol. The number of para-hydroxylation sites is 2. The zero-order valence-corrected chi connectivity index (χ0v) is 17.9. The largest absolute Gasteiger partial charge is 0.495 e. The van der Waals surface area contributed by atoms with Crippen molar-refractivity contribution in [1.29, 1.82) is 0 Å². The van der Waals surface area contributed by atoms with Gasteiger partial charge in [-0.2, -0.15) is 0 Å². The third-order valence-corrected chi connectivity index (χ3v) is 6.58. The van der Waals surface area contributed by atoms with E-state index in [2.05, 4.69) is 50.4 Å². The van der Waals surface area contributed by atoms with Crippen molar-refractivity contribution in [2.45, 2.75) is 43.8 Å². The van der Waals surface area contributed by atoms with E-state index in [1.807, 2.05) is 36.5 Å². The summed E-state index contributed by atoms with van der Waals surface area (Å²) in [6, 6.07) is 16.9. The lowest BCUT2D eigenvalue weighted by Gasteiger charge is -2.28. The number of methoxy groups -OCH3 is 1. The van der Waals surface area contributed by atoms with Crippen molar-refractivity contribution in [3.8, 4) is 5.75 Å². The third-order valence-electron chi connectivity index (χ3n) is 6.27. The highest BCUT2D eigenvalue weighted by Crippen LogP contribution is 2.44. The van der Waals surface area contributed by atoms with Crippen LogP contribution >= 0.6 is 12.2 Å². The lowest BCUT2D eigenvalue weighted by Crippen LogP contribution is -2.29. The number of hydrogen-bond acceptors (Lipinski definition) is 3. The quantitative estimate of drug-likeness (QED) is 0.578. The summed E-state index contributed by atoms with van der Waals surface area (Å²) in [5.41, 5.74) is 3.18. The molecule has 1 saturated heterocycles. The van der Waals surface area contributed by atoms with E-state index in [0.29, 0.717) is 11.2 Å². The standard InChI is InChI=1S/C24H26N4OS/c1-29-21-12-5-4-11-20(21)28-23(17-13-15-27(16-17)18-8-2-3-9-18)22(26-24(28)30)19-10-6-7-14-25-19/h4-7,10-16,18,22-23H,2-3,8-9H2,1H3,(H,26,30)/t22-,23+/m1/s1. The molecule has 154 valence electrons. The topological polar surface area (TPSA) is 42.3 Å². The maximum absolute atomic E-state index is 5.82. The first-order valence-corrected chi connectivity index (χ1v) is 11.0. The van der Waals surface area contributed by atoms with E-state index in [0.717, 1.165) is 17.1 Å². The number of pyridine rings is 1. The highest BCUT2D eigenvalue weighted by Gasteiger charge is 2.42. The lowest BCUT2D eigenvalue weighted by atomic mass is 9.98. The van der Waals surface area contributed by atoms with Crippen LogP contribution in [0.3, 0.4) is 0 Å². The predicted octanol–water partition coefficient (Wildman–Crippen LogP) is 5.18. The van der Waals surface area contributed by atoms with Crippen LogP contribution in [-0.4, -0.2) is 21.8 Å². The Labute approximate surface area is 182 Å². The summed E-state index contributed by atoms with van der Waals surface area (Å²) in [7, 11) is 1.70. The van der Waals surface area contributed by atoms with Crippen LogP contribution in [0.2, 0.25) is 0 Å². The normalized spacial score (nSPS) is 21.8. The first-order chi connectivity index (χ1) is 14.8. The second-order valence-corrected chi connectivity index (χ2v) is 8.39. The number of rotatable bonds is 5. The van der Waals surface area contributed by atoms with E-state index in [4.69, 9.17) is 17.0 Å². The summed E-state index contributed by atoms with van der Waals surface area (Å²) >= 11 is 5.82. The summed E-state index contributed by atoms with van der Waals surface area (Å²) in [5.74, 6) is 0.809. The van der Waals surface area contributed by atoms with E-state index in [1.54, 1.807) is 7.11 Å². The third kappa shape index (κ3) is 3.35. The average Bonchev–Trinajstić information content (AvgIpc) is 3.53. The maximum Gasteiger partial charge on any atom is 0.174 e. The van der Waals surface area contributed by atoms with Crippen LogP contribution in [0.25, 0.3) is 0 Å². The Kier molecular flexibility index (Phi) is 5.17. The van der Waals surface area contributed by atoms with Crippen molar-refractivity contribution >= 4 is 23.0 Å².